The highest BCUT2D eigenvalue weighted by Crippen LogP contribution is 2.67. The van der Waals surface area contributed by atoms with Crippen molar-refractivity contribution >= 4 is 5.78 Å². The number of nitrogens with two attached hydrogens (primary N) is 1. The van der Waals surface area contributed by atoms with Crippen molar-refractivity contribution in [3.8, 4) is 0 Å². The molecule has 1 unspecified atom stereocenters. The molecule has 4 aliphatic rings. The zero-order valence-corrected chi connectivity index (χ0v) is 22.3. The van der Waals surface area contributed by atoms with E-state index in [1.54, 1.807) is 6.92 Å². The first-order chi connectivity index (χ1) is 15.5. The van der Waals surface area contributed by atoms with Gasteiger partial charge in [-0.25, -0.2) is 0 Å². The molecule has 0 aromatic heterocycles. The minimum absolute atomic E-state index is 0.0552. The van der Waals surface area contributed by atoms with Crippen molar-refractivity contribution in [2.45, 2.75) is 118 Å². The molecule has 4 rings (SSSR count). The molecule has 3 N–H and O–H groups in total. The molecule has 0 spiro atoms. The number of hydrogen-bond donors (Lipinski definition) is 2. The van der Waals surface area contributed by atoms with Crippen molar-refractivity contribution < 1.29 is 9.90 Å². The van der Waals surface area contributed by atoms with Crippen LogP contribution in [0, 0.1) is 52.3 Å². The highest BCUT2D eigenvalue weighted by Gasteiger charge is 2.60. The van der Waals surface area contributed by atoms with Crippen molar-refractivity contribution in [3.05, 3.63) is 11.6 Å². The van der Waals surface area contributed by atoms with Gasteiger partial charge in [0.15, 0.2) is 5.78 Å². The second-order valence-corrected chi connectivity index (χ2v) is 13.6. The maximum atomic E-state index is 12.9. The Kier molecular flexibility index (Phi) is 7.25. The lowest BCUT2D eigenvalue weighted by Gasteiger charge is -2.59. The van der Waals surface area contributed by atoms with E-state index in [4.69, 9.17) is 5.73 Å². The SMILES string of the molecule is CC(C)CCC[C@@H](C)[C@H]1CC[C@H]2[C@@H]3CC=C4C[C@@H](O)C(C(=O)[C@H](C)N)C[C@]4(C)[C@H]3CC[C@]12C. The zero-order valence-electron chi connectivity index (χ0n) is 22.3. The minimum Gasteiger partial charge on any atom is -0.392 e. The van der Waals surface area contributed by atoms with E-state index in [1.807, 2.05) is 0 Å². The molecule has 0 heterocycles. The fraction of sp³-hybridized carbons (Fsp3) is 0.900. The number of aliphatic hydroxyl groups is 1. The lowest BCUT2D eigenvalue weighted by molar-refractivity contribution is -0.133. The third kappa shape index (κ3) is 4.39. The summed E-state index contributed by atoms with van der Waals surface area (Å²) in [7, 11) is 0. The lowest BCUT2D eigenvalue weighted by atomic mass is 9.46. The van der Waals surface area contributed by atoms with Gasteiger partial charge in [0.2, 0.25) is 0 Å². The minimum atomic E-state index is -0.559. The predicted octanol–water partition coefficient (Wildman–Crippen LogP) is 6.53. The van der Waals surface area contributed by atoms with Crippen molar-refractivity contribution in [1.29, 1.82) is 0 Å². The molecule has 3 heteroatoms. The van der Waals surface area contributed by atoms with Gasteiger partial charge in [0, 0.05) is 5.92 Å². The summed E-state index contributed by atoms with van der Waals surface area (Å²) >= 11 is 0. The van der Waals surface area contributed by atoms with Gasteiger partial charge in [-0.3, -0.25) is 4.79 Å². The highest BCUT2D eigenvalue weighted by atomic mass is 16.3. The summed E-state index contributed by atoms with van der Waals surface area (Å²) in [6, 6.07) is -0.486. The van der Waals surface area contributed by atoms with Crippen LogP contribution < -0.4 is 5.73 Å². The molecule has 0 bridgehead atoms. The van der Waals surface area contributed by atoms with Crippen LogP contribution in [0.25, 0.3) is 0 Å². The van der Waals surface area contributed by atoms with Crippen LogP contribution in [0.15, 0.2) is 11.6 Å². The molecule has 0 aliphatic heterocycles. The number of carbonyl (C=O) groups is 1. The smallest absolute Gasteiger partial charge is 0.154 e. The zero-order chi connectivity index (χ0) is 24.1. The van der Waals surface area contributed by atoms with Gasteiger partial charge in [0.1, 0.15) is 0 Å². The number of ketones is 1. The van der Waals surface area contributed by atoms with Crippen molar-refractivity contribution in [2.24, 2.45) is 58.0 Å². The summed E-state index contributed by atoms with van der Waals surface area (Å²) in [5.41, 5.74) is 7.95. The Morgan fingerprint density at radius 1 is 1.12 bits per heavy atom. The number of rotatable bonds is 7. The normalized spacial score (nSPS) is 44.5. The lowest BCUT2D eigenvalue weighted by Crippen LogP contribution is -2.54. The van der Waals surface area contributed by atoms with Crippen LogP contribution in [0.5, 0.6) is 0 Å². The van der Waals surface area contributed by atoms with Crippen LogP contribution in [0.1, 0.15) is 106 Å². The molecule has 4 aliphatic carbocycles. The van der Waals surface area contributed by atoms with Crippen LogP contribution in [0.3, 0.4) is 0 Å². The van der Waals surface area contributed by atoms with Gasteiger partial charge in [-0.2, -0.15) is 0 Å². The third-order valence-corrected chi connectivity index (χ3v) is 11.2. The number of fused-ring (bicyclic) bond motifs is 5. The molecule has 3 fully saturated rings. The molecule has 33 heavy (non-hydrogen) atoms. The van der Waals surface area contributed by atoms with Gasteiger partial charge in [-0.1, -0.05) is 65.5 Å². The van der Waals surface area contributed by atoms with Crippen LogP contribution in [-0.2, 0) is 4.79 Å². The van der Waals surface area contributed by atoms with Gasteiger partial charge >= 0.3 is 0 Å². The summed E-state index contributed by atoms with van der Waals surface area (Å²) in [6.45, 7) is 14.1. The first-order valence-corrected chi connectivity index (χ1v) is 14.2. The molecule has 0 amide bonds. The second-order valence-electron chi connectivity index (χ2n) is 13.6. The van der Waals surface area contributed by atoms with Crippen LogP contribution >= 0.6 is 0 Å². The monoisotopic (exact) mass is 457 g/mol. The third-order valence-electron chi connectivity index (χ3n) is 11.2. The van der Waals surface area contributed by atoms with E-state index in [-0.39, 0.29) is 17.1 Å². The van der Waals surface area contributed by atoms with Gasteiger partial charge in [0.25, 0.3) is 0 Å². The molecule has 188 valence electrons. The standard InChI is InChI=1S/C30H51NO2/c1-18(2)8-7-9-19(3)24-12-13-25-22-11-10-21-16-27(32)23(28(33)20(4)31)17-30(21,6)26(22)14-15-29(24,25)5/h10,18-20,22-27,32H,7-9,11-17,31H2,1-6H3/t19-,20+,22+,23?,24-,25+,26+,27-,29-,30+/m1/s1. The molecule has 0 aromatic carbocycles. The molecular formula is C30H51NO2. The number of hydrogen-bond acceptors (Lipinski definition) is 3. The van der Waals surface area contributed by atoms with Gasteiger partial charge in [-0.05, 0) is 98.2 Å². The second kappa shape index (κ2) is 9.41. The Morgan fingerprint density at radius 3 is 2.52 bits per heavy atom. The van der Waals surface area contributed by atoms with Crippen LogP contribution in [0.2, 0.25) is 0 Å². The van der Waals surface area contributed by atoms with Crippen LogP contribution in [-0.4, -0.2) is 23.0 Å². The maximum absolute atomic E-state index is 12.9. The van der Waals surface area contributed by atoms with E-state index in [2.05, 4.69) is 40.7 Å². The van der Waals surface area contributed by atoms with E-state index in [1.165, 1.54) is 56.9 Å². The Bertz CT molecular complexity index is 756. The largest absolute Gasteiger partial charge is 0.392 e. The van der Waals surface area contributed by atoms with E-state index in [0.717, 1.165) is 36.0 Å². The first-order valence-electron chi connectivity index (χ1n) is 14.2. The number of aliphatic hydroxyl groups excluding tert-OH is 1. The Labute approximate surface area is 203 Å². The Hall–Kier alpha value is -0.670. The van der Waals surface area contributed by atoms with Crippen LogP contribution in [0.4, 0.5) is 0 Å². The van der Waals surface area contributed by atoms with E-state index >= 15 is 0 Å². The Morgan fingerprint density at radius 2 is 1.85 bits per heavy atom. The van der Waals surface area contributed by atoms with Crippen molar-refractivity contribution in [1.82, 2.24) is 0 Å². The topological polar surface area (TPSA) is 63.3 Å². The summed E-state index contributed by atoms with van der Waals surface area (Å²) < 4.78 is 0. The predicted molar refractivity (Wildman–Crippen MR) is 137 cm³/mol. The highest BCUT2D eigenvalue weighted by molar-refractivity contribution is 5.86. The van der Waals surface area contributed by atoms with Gasteiger partial charge < -0.3 is 10.8 Å². The molecule has 0 radical (unpaired) electrons. The van der Waals surface area contributed by atoms with E-state index in [9.17, 15) is 9.90 Å². The first kappa shape index (κ1) is 25.4. The van der Waals surface area contributed by atoms with E-state index < -0.39 is 12.1 Å². The summed E-state index contributed by atoms with van der Waals surface area (Å²) in [5.74, 6) is 4.49. The quantitative estimate of drug-likeness (QED) is 0.427. The fourth-order valence-corrected chi connectivity index (χ4v) is 9.37. The average Bonchev–Trinajstić information content (AvgIpc) is 3.10. The fourth-order valence-electron chi connectivity index (χ4n) is 9.37. The Balaban J connectivity index is 1.52. The van der Waals surface area contributed by atoms with Gasteiger partial charge in [-0.15, -0.1) is 0 Å². The summed E-state index contributed by atoms with van der Waals surface area (Å²) in [4.78, 5) is 12.9. The maximum Gasteiger partial charge on any atom is 0.154 e. The van der Waals surface area contributed by atoms with Gasteiger partial charge in [0.05, 0.1) is 12.1 Å². The summed E-state index contributed by atoms with van der Waals surface area (Å²) in [6.07, 6.45) is 14.1. The number of carbonyl (C=O) groups excluding carboxylic acids is 1. The molecule has 3 nitrogen and oxygen atoms in total. The number of Topliss-reactive ketones (excluding diaryl/α,β-unsaturated/α-hetero) is 1. The van der Waals surface area contributed by atoms with Crippen molar-refractivity contribution in [2.75, 3.05) is 0 Å². The molecular weight excluding hydrogens is 406 g/mol. The summed E-state index contributed by atoms with van der Waals surface area (Å²) in [5, 5.41) is 10.8. The molecule has 10 atom stereocenters. The number of allylic oxidation sites excluding steroid dienone is 1. The van der Waals surface area contributed by atoms with Crippen molar-refractivity contribution in [3.63, 3.8) is 0 Å². The molecule has 0 aromatic rings. The molecule has 0 saturated heterocycles. The van der Waals surface area contributed by atoms with E-state index in [0.29, 0.717) is 17.8 Å². The average molecular weight is 458 g/mol. The molecule has 3 saturated carbocycles.